The van der Waals surface area contributed by atoms with Crippen molar-refractivity contribution in [3.63, 3.8) is 0 Å². The number of hydrogen-bond donors (Lipinski definition) is 2. The summed E-state index contributed by atoms with van der Waals surface area (Å²) in [4.78, 5) is 17.0. The third kappa shape index (κ3) is 4.59. The monoisotopic (exact) mass is 445 g/mol. The summed E-state index contributed by atoms with van der Waals surface area (Å²) >= 11 is 0. The van der Waals surface area contributed by atoms with E-state index in [9.17, 15) is 18.0 Å². The van der Waals surface area contributed by atoms with Crippen LogP contribution in [0.25, 0.3) is 11.1 Å². The van der Waals surface area contributed by atoms with Crippen LogP contribution >= 0.6 is 0 Å². The Kier molecular flexibility index (Phi) is 6.13. The summed E-state index contributed by atoms with van der Waals surface area (Å²) in [5, 5.41) is 7.02. The molecule has 0 aliphatic heterocycles. The molecule has 168 valence electrons. The molecule has 0 saturated heterocycles. The highest BCUT2D eigenvalue weighted by molar-refractivity contribution is 5.99. The largest absolute Gasteiger partial charge is 0.383 e. The average molecular weight is 445 g/mol. The summed E-state index contributed by atoms with van der Waals surface area (Å²) in [6.45, 7) is -0.236. The van der Waals surface area contributed by atoms with E-state index in [2.05, 4.69) is 15.4 Å². The number of amides is 1. The number of pyridine rings is 1. The van der Waals surface area contributed by atoms with Crippen molar-refractivity contribution in [2.24, 2.45) is 7.05 Å². The predicted molar refractivity (Wildman–Crippen MR) is 111 cm³/mol. The van der Waals surface area contributed by atoms with Gasteiger partial charge in [0.1, 0.15) is 11.6 Å². The molecule has 10 heteroatoms. The van der Waals surface area contributed by atoms with Crippen molar-refractivity contribution in [3.8, 4) is 11.1 Å². The molecule has 0 radical (unpaired) electrons. The number of hydrogen-bond acceptors (Lipinski definition) is 5. The zero-order chi connectivity index (χ0) is 22.8. The molecule has 1 fully saturated rings. The van der Waals surface area contributed by atoms with Crippen molar-refractivity contribution in [2.75, 3.05) is 5.73 Å². The summed E-state index contributed by atoms with van der Waals surface area (Å²) in [6.07, 6.45) is 6.72. The van der Waals surface area contributed by atoms with Crippen LogP contribution in [0.1, 0.15) is 35.2 Å². The minimum Gasteiger partial charge on any atom is -0.383 e. The maximum absolute atomic E-state index is 13.9. The summed E-state index contributed by atoms with van der Waals surface area (Å²) < 4.78 is 47.8. The zero-order valence-electron chi connectivity index (χ0n) is 17.3. The SMILES string of the molecule is Cn1cc(-c2cnc(N)c(C(=O)N[C@@H]3CCC[C@H]3OCc3cc(F)c(F)cc3F)c2)cn1. The van der Waals surface area contributed by atoms with E-state index >= 15 is 0 Å². The molecule has 1 aromatic carbocycles. The van der Waals surface area contributed by atoms with E-state index in [0.29, 0.717) is 24.5 Å². The van der Waals surface area contributed by atoms with Crippen LogP contribution in [0.2, 0.25) is 0 Å². The van der Waals surface area contributed by atoms with Gasteiger partial charge in [-0.15, -0.1) is 0 Å². The highest BCUT2D eigenvalue weighted by Crippen LogP contribution is 2.26. The van der Waals surface area contributed by atoms with Gasteiger partial charge >= 0.3 is 0 Å². The lowest BCUT2D eigenvalue weighted by Crippen LogP contribution is -2.41. The molecule has 2 aromatic heterocycles. The number of nitrogen functional groups attached to an aromatic ring is 1. The highest BCUT2D eigenvalue weighted by Gasteiger charge is 2.30. The first-order chi connectivity index (χ1) is 15.3. The Balaban J connectivity index is 1.44. The molecule has 0 bridgehead atoms. The zero-order valence-corrected chi connectivity index (χ0v) is 17.3. The van der Waals surface area contributed by atoms with Gasteiger partial charge in [0.15, 0.2) is 11.6 Å². The average Bonchev–Trinajstić information content (AvgIpc) is 3.39. The molecule has 4 rings (SSSR count). The minimum absolute atomic E-state index is 0.0847. The summed E-state index contributed by atoms with van der Waals surface area (Å²) in [5.74, 6) is -3.59. The van der Waals surface area contributed by atoms with Crippen LogP contribution in [0.5, 0.6) is 0 Å². The number of ether oxygens (including phenoxy) is 1. The van der Waals surface area contributed by atoms with Gasteiger partial charge in [-0.1, -0.05) is 0 Å². The van der Waals surface area contributed by atoms with E-state index in [1.54, 1.807) is 36.4 Å². The van der Waals surface area contributed by atoms with Crippen LogP contribution < -0.4 is 11.1 Å². The summed E-state index contributed by atoms with van der Waals surface area (Å²) in [5.41, 5.74) is 7.56. The van der Waals surface area contributed by atoms with Gasteiger partial charge in [-0.2, -0.15) is 5.10 Å². The van der Waals surface area contributed by atoms with Crippen LogP contribution in [0.4, 0.5) is 19.0 Å². The Morgan fingerprint density at radius 1 is 1.16 bits per heavy atom. The van der Waals surface area contributed by atoms with Crippen molar-refractivity contribution in [2.45, 2.75) is 38.0 Å². The normalized spacial score (nSPS) is 18.1. The standard InChI is InChI=1S/C22H22F3N5O2/c1-30-10-14(9-28-30)12-5-15(21(26)27-8-12)22(31)29-19-3-2-4-20(19)32-11-13-6-17(24)18(25)7-16(13)23/h5-10,19-20H,2-4,11H2,1H3,(H2,26,27)(H,29,31)/t19-,20-/m1/s1. The van der Waals surface area contributed by atoms with Gasteiger partial charge in [0.05, 0.1) is 30.5 Å². The second-order valence-corrected chi connectivity index (χ2v) is 7.78. The molecule has 1 aliphatic rings. The Bertz CT molecular complexity index is 1150. The molecule has 1 saturated carbocycles. The maximum atomic E-state index is 13.9. The van der Waals surface area contributed by atoms with Gasteiger partial charge in [-0.3, -0.25) is 9.48 Å². The van der Waals surface area contributed by atoms with E-state index in [4.69, 9.17) is 10.5 Å². The quantitative estimate of drug-likeness (QED) is 0.568. The lowest BCUT2D eigenvalue weighted by atomic mass is 10.1. The fraction of sp³-hybridized carbons (Fsp3) is 0.318. The second-order valence-electron chi connectivity index (χ2n) is 7.78. The van der Waals surface area contributed by atoms with Crippen LogP contribution in [-0.2, 0) is 18.4 Å². The van der Waals surface area contributed by atoms with Gasteiger partial charge < -0.3 is 15.8 Å². The molecular weight excluding hydrogens is 423 g/mol. The molecule has 1 aliphatic carbocycles. The highest BCUT2D eigenvalue weighted by atomic mass is 19.2. The number of nitrogens with zero attached hydrogens (tertiary/aromatic N) is 3. The molecule has 1 amide bonds. The van der Waals surface area contributed by atoms with E-state index < -0.39 is 29.5 Å². The number of aryl methyl sites for hydroxylation is 1. The maximum Gasteiger partial charge on any atom is 0.255 e. The fourth-order valence-electron chi connectivity index (χ4n) is 3.79. The van der Waals surface area contributed by atoms with Gasteiger partial charge in [0.25, 0.3) is 5.91 Å². The topological polar surface area (TPSA) is 95.1 Å². The third-order valence-corrected chi connectivity index (χ3v) is 5.51. The number of anilines is 1. The smallest absolute Gasteiger partial charge is 0.255 e. The number of nitrogens with one attached hydrogen (secondary N) is 1. The Hall–Kier alpha value is -3.40. The van der Waals surface area contributed by atoms with Crippen molar-refractivity contribution < 1.29 is 22.7 Å². The third-order valence-electron chi connectivity index (χ3n) is 5.51. The minimum atomic E-state index is -1.25. The van der Waals surface area contributed by atoms with Crippen LogP contribution in [-0.4, -0.2) is 32.8 Å². The molecule has 2 heterocycles. The molecule has 0 spiro atoms. The first-order valence-electron chi connectivity index (χ1n) is 10.1. The number of rotatable bonds is 6. The molecule has 3 aromatic rings. The van der Waals surface area contributed by atoms with E-state index in [-0.39, 0.29) is 29.6 Å². The summed E-state index contributed by atoms with van der Waals surface area (Å²) in [6, 6.07) is 2.59. The fourth-order valence-corrected chi connectivity index (χ4v) is 3.79. The second kappa shape index (κ2) is 8.99. The van der Waals surface area contributed by atoms with Crippen molar-refractivity contribution in [1.82, 2.24) is 20.1 Å². The van der Waals surface area contributed by atoms with E-state index in [0.717, 1.165) is 18.1 Å². The number of aromatic nitrogens is 3. The molecule has 32 heavy (non-hydrogen) atoms. The predicted octanol–water partition coefficient (Wildman–Crippen LogP) is 3.35. The Labute approximate surface area is 182 Å². The number of halogens is 3. The lowest BCUT2D eigenvalue weighted by molar-refractivity contribution is 0.0257. The van der Waals surface area contributed by atoms with Gasteiger partial charge in [-0.25, -0.2) is 18.2 Å². The van der Waals surface area contributed by atoms with Gasteiger partial charge in [0, 0.05) is 42.2 Å². The first-order valence-corrected chi connectivity index (χ1v) is 10.1. The van der Waals surface area contributed by atoms with E-state index in [1.807, 2.05) is 0 Å². The number of carbonyl (C=O) groups is 1. The molecule has 3 N–H and O–H groups in total. The Morgan fingerprint density at radius 3 is 2.69 bits per heavy atom. The Morgan fingerprint density at radius 2 is 1.94 bits per heavy atom. The number of benzene rings is 1. The summed E-state index contributed by atoms with van der Waals surface area (Å²) in [7, 11) is 1.79. The molecule has 0 unspecified atom stereocenters. The number of carbonyl (C=O) groups excluding carboxylic acids is 1. The van der Waals surface area contributed by atoms with Gasteiger partial charge in [-0.05, 0) is 31.4 Å². The van der Waals surface area contributed by atoms with E-state index in [1.165, 1.54) is 0 Å². The lowest BCUT2D eigenvalue weighted by Gasteiger charge is -2.22. The van der Waals surface area contributed by atoms with Crippen molar-refractivity contribution >= 4 is 11.7 Å². The molecule has 2 atom stereocenters. The van der Waals surface area contributed by atoms with Crippen molar-refractivity contribution in [1.29, 1.82) is 0 Å². The molecular formula is C22H22F3N5O2. The number of nitrogens with two attached hydrogens (primary N) is 1. The van der Waals surface area contributed by atoms with Crippen LogP contribution in [0.15, 0.2) is 36.8 Å². The van der Waals surface area contributed by atoms with Crippen molar-refractivity contribution in [3.05, 3.63) is 65.4 Å². The first kappa shape index (κ1) is 21.8. The van der Waals surface area contributed by atoms with Crippen LogP contribution in [0, 0.1) is 17.5 Å². The molecule has 7 nitrogen and oxygen atoms in total. The van der Waals surface area contributed by atoms with Crippen LogP contribution in [0.3, 0.4) is 0 Å². The van der Waals surface area contributed by atoms with Gasteiger partial charge in [0.2, 0.25) is 0 Å².